The molecule has 0 aliphatic rings. The molecule has 0 unspecified atom stereocenters. The number of hydrogen-bond acceptors (Lipinski definition) is 4. The fourth-order valence-electron chi connectivity index (χ4n) is 2.25. The second-order valence-electron chi connectivity index (χ2n) is 5.10. The molecule has 0 aromatic heterocycles. The van der Waals surface area contributed by atoms with Gasteiger partial charge in [0.1, 0.15) is 17.3 Å². The van der Waals surface area contributed by atoms with Crippen molar-refractivity contribution in [1.82, 2.24) is 5.32 Å². The van der Waals surface area contributed by atoms with Crippen molar-refractivity contribution in [3.8, 4) is 0 Å². The third kappa shape index (κ3) is 3.65. The first kappa shape index (κ1) is 17.3. The van der Waals surface area contributed by atoms with E-state index in [1.165, 1.54) is 32.2 Å². The van der Waals surface area contributed by atoms with E-state index >= 15 is 0 Å². The number of carbonyl (C=O) groups is 1. The maximum Gasteiger partial charge on any atom is 0.293 e. The Bertz CT molecular complexity index is 796. The van der Waals surface area contributed by atoms with Crippen molar-refractivity contribution in [3.63, 3.8) is 0 Å². The van der Waals surface area contributed by atoms with Gasteiger partial charge in [-0.05, 0) is 25.1 Å². The molecule has 24 heavy (non-hydrogen) atoms. The fourth-order valence-corrected chi connectivity index (χ4v) is 2.25. The summed E-state index contributed by atoms with van der Waals surface area (Å²) in [7, 11) is 1.53. The van der Waals surface area contributed by atoms with Crippen LogP contribution in [-0.4, -0.2) is 17.9 Å². The number of rotatable bonds is 5. The summed E-state index contributed by atoms with van der Waals surface area (Å²) in [4.78, 5) is 22.6. The number of anilines is 1. The topological polar surface area (TPSA) is 84.3 Å². The van der Waals surface area contributed by atoms with Crippen LogP contribution in [0.3, 0.4) is 0 Å². The maximum absolute atomic E-state index is 13.7. The Morgan fingerprint density at radius 1 is 1.21 bits per heavy atom. The van der Waals surface area contributed by atoms with E-state index in [0.29, 0.717) is 0 Å². The lowest BCUT2D eigenvalue weighted by molar-refractivity contribution is -0.384. The zero-order valence-electron chi connectivity index (χ0n) is 13.0. The molecule has 2 rings (SSSR count). The molecule has 0 saturated carbocycles. The number of nitro groups is 1. The minimum absolute atomic E-state index is 0.0649. The molecule has 0 bridgehead atoms. The van der Waals surface area contributed by atoms with Crippen LogP contribution in [0.4, 0.5) is 20.2 Å². The molecule has 6 nitrogen and oxygen atoms in total. The number of hydrogen-bond donors (Lipinski definition) is 2. The molecule has 2 aromatic rings. The van der Waals surface area contributed by atoms with Gasteiger partial charge in [-0.25, -0.2) is 8.78 Å². The number of amides is 1. The zero-order valence-corrected chi connectivity index (χ0v) is 13.0. The summed E-state index contributed by atoms with van der Waals surface area (Å²) in [6.45, 7) is 1.53. The van der Waals surface area contributed by atoms with Gasteiger partial charge in [-0.1, -0.05) is 6.07 Å². The first-order chi connectivity index (χ1) is 11.3. The van der Waals surface area contributed by atoms with Crippen LogP contribution in [-0.2, 0) is 0 Å². The van der Waals surface area contributed by atoms with E-state index in [0.717, 1.165) is 18.2 Å². The van der Waals surface area contributed by atoms with Gasteiger partial charge in [-0.2, -0.15) is 0 Å². The molecule has 0 aliphatic heterocycles. The minimum Gasteiger partial charge on any atom is -0.383 e. The van der Waals surface area contributed by atoms with Crippen LogP contribution in [0.2, 0.25) is 0 Å². The molecule has 0 heterocycles. The molecule has 1 atom stereocenters. The Morgan fingerprint density at radius 2 is 1.92 bits per heavy atom. The summed E-state index contributed by atoms with van der Waals surface area (Å²) >= 11 is 0. The van der Waals surface area contributed by atoms with E-state index in [2.05, 4.69) is 10.6 Å². The molecule has 0 radical (unpaired) electrons. The highest BCUT2D eigenvalue weighted by Gasteiger charge is 2.19. The van der Waals surface area contributed by atoms with Crippen LogP contribution in [0, 0.1) is 21.7 Å². The first-order valence-corrected chi connectivity index (χ1v) is 7.05. The lowest BCUT2D eigenvalue weighted by Gasteiger charge is -2.15. The summed E-state index contributed by atoms with van der Waals surface area (Å²) in [5.74, 6) is -2.09. The lowest BCUT2D eigenvalue weighted by atomic mass is 10.1. The SMILES string of the molecule is CNc1ccc(C(=O)N[C@H](C)c2ccc(F)cc2F)cc1[N+](=O)[O-]. The third-order valence-corrected chi connectivity index (χ3v) is 3.50. The fraction of sp³-hybridized carbons (Fsp3) is 0.188. The first-order valence-electron chi connectivity index (χ1n) is 7.05. The number of nitrogens with one attached hydrogen (secondary N) is 2. The summed E-state index contributed by atoms with van der Waals surface area (Å²) in [5.41, 5.74) is 0.209. The number of benzene rings is 2. The van der Waals surface area contributed by atoms with Crippen molar-refractivity contribution in [2.45, 2.75) is 13.0 Å². The van der Waals surface area contributed by atoms with Gasteiger partial charge in [-0.15, -0.1) is 0 Å². The highest BCUT2D eigenvalue weighted by molar-refractivity contribution is 5.96. The summed E-state index contributed by atoms with van der Waals surface area (Å²) in [6.07, 6.45) is 0. The second-order valence-corrected chi connectivity index (χ2v) is 5.10. The van der Waals surface area contributed by atoms with E-state index in [-0.39, 0.29) is 22.5 Å². The lowest BCUT2D eigenvalue weighted by Crippen LogP contribution is -2.27. The third-order valence-electron chi connectivity index (χ3n) is 3.50. The van der Waals surface area contributed by atoms with Gasteiger partial charge in [0.05, 0.1) is 11.0 Å². The quantitative estimate of drug-likeness (QED) is 0.648. The normalized spacial score (nSPS) is 11.7. The molecule has 126 valence electrons. The summed E-state index contributed by atoms with van der Waals surface area (Å²) < 4.78 is 26.7. The second kappa shape index (κ2) is 7.03. The minimum atomic E-state index is -0.778. The molecular weight excluding hydrogens is 320 g/mol. The van der Waals surface area contributed by atoms with E-state index < -0.39 is 28.5 Å². The molecule has 2 aromatic carbocycles. The van der Waals surface area contributed by atoms with Crippen molar-refractivity contribution in [2.24, 2.45) is 0 Å². The summed E-state index contributed by atoms with van der Waals surface area (Å²) in [6, 6.07) is 6.29. The highest BCUT2D eigenvalue weighted by atomic mass is 19.1. The van der Waals surface area contributed by atoms with Crippen molar-refractivity contribution in [3.05, 3.63) is 69.3 Å². The predicted octanol–water partition coefficient (Wildman–Crippen LogP) is 3.41. The van der Waals surface area contributed by atoms with Crippen molar-refractivity contribution < 1.29 is 18.5 Å². The molecular formula is C16H15F2N3O3. The van der Waals surface area contributed by atoms with Crippen LogP contribution in [0.1, 0.15) is 28.9 Å². The van der Waals surface area contributed by atoms with Gasteiger partial charge >= 0.3 is 0 Å². The Morgan fingerprint density at radius 3 is 2.50 bits per heavy atom. The molecule has 1 amide bonds. The van der Waals surface area contributed by atoms with Gasteiger partial charge in [-0.3, -0.25) is 14.9 Å². The molecule has 2 N–H and O–H groups in total. The molecule has 0 aliphatic carbocycles. The largest absolute Gasteiger partial charge is 0.383 e. The van der Waals surface area contributed by atoms with Crippen molar-refractivity contribution in [1.29, 1.82) is 0 Å². The Hall–Kier alpha value is -3.03. The maximum atomic E-state index is 13.7. The highest BCUT2D eigenvalue weighted by Crippen LogP contribution is 2.25. The number of carbonyl (C=O) groups excluding carboxylic acids is 1. The molecule has 0 spiro atoms. The number of nitro benzene ring substituents is 1. The predicted molar refractivity (Wildman–Crippen MR) is 84.9 cm³/mol. The molecule has 0 fully saturated rings. The average molecular weight is 335 g/mol. The van der Waals surface area contributed by atoms with E-state index in [1.807, 2.05) is 0 Å². The standard InChI is InChI=1S/C16H15F2N3O3/c1-9(12-5-4-11(17)8-13(12)18)20-16(22)10-3-6-14(19-2)15(7-10)21(23)24/h3-9,19H,1-2H3,(H,20,22)/t9-/m1/s1. The Labute approximate surface area is 136 Å². The van der Waals surface area contributed by atoms with Gasteiger partial charge in [0.2, 0.25) is 0 Å². The Balaban J connectivity index is 2.23. The van der Waals surface area contributed by atoms with E-state index in [1.54, 1.807) is 0 Å². The van der Waals surface area contributed by atoms with Crippen LogP contribution in [0.25, 0.3) is 0 Å². The summed E-state index contributed by atoms with van der Waals surface area (Å²) in [5, 5.41) is 16.2. The zero-order chi connectivity index (χ0) is 17.9. The van der Waals surface area contributed by atoms with E-state index in [4.69, 9.17) is 0 Å². The van der Waals surface area contributed by atoms with Crippen molar-refractivity contribution >= 4 is 17.3 Å². The average Bonchev–Trinajstić information content (AvgIpc) is 2.53. The van der Waals surface area contributed by atoms with Crippen LogP contribution < -0.4 is 10.6 Å². The van der Waals surface area contributed by atoms with Gasteiger partial charge in [0, 0.05) is 30.3 Å². The smallest absolute Gasteiger partial charge is 0.293 e. The monoisotopic (exact) mass is 335 g/mol. The number of nitrogens with zero attached hydrogens (tertiary/aromatic N) is 1. The molecule has 0 saturated heterocycles. The van der Waals surface area contributed by atoms with Crippen LogP contribution in [0.5, 0.6) is 0 Å². The van der Waals surface area contributed by atoms with Crippen molar-refractivity contribution in [2.75, 3.05) is 12.4 Å². The Kier molecular flexibility index (Phi) is 5.08. The van der Waals surface area contributed by atoms with Gasteiger partial charge in [0.25, 0.3) is 11.6 Å². The van der Waals surface area contributed by atoms with Gasteiger partial charge < -0.3 is 10.6 Å². The van der Waals surface area contributed by atoms with E-state index in [9.17, 15) is 23.7 Å². The molecule has 8 heteroatoms. The van der Waals surface area contributed by atoms with Crippen LogP contribution in [0.15, 0.2) is 36.4 Å². The van der Waals surface area contributed by atoms with Gasteiger partial charge in [0.15, 0.2) is 0 Å². The number of halogens is 2. The van der Waals surface area contributed by atoms with Crippen LogP contribution >= 0.6 is 0 Å².